The van der Waals surface area contributed by atoms with Crippen molar-refractivity contribution >= 4 is 5.91 Å². The zero-order valence-electron chi connectivity index (χ0n) is 10.6. The molecule has 1 aliphatic rings. The minimum absolute atomic E-state index is 0.147. The summed E-state index contributed by atoms with van der Waals surface area (Å²) in [7, 11) is 0. The van der Waals surface area contributed by atoms with Crippen LogP contribution in [0.5, 0.6) is 0 Å². The largest absolute Gasteiger partial charge is 0.394 e. The van der Waals surface area contributed by atoms with Crippen LogP contribution in [0, 0.1) is 5.92 Å². The number of benzene rings is 1. The van der Waals surface area contributed by atoms with E-state index in [1.165, 1.54) is 0 Å². The first-order valence-corrected chi connectivity index (χ1v) is 6.35. The minimum atomic E-state index is -1.33. The molecule has 0 radical (unpaired) electrons. The second-order valence-corrected chi connectivity index (χ2v) is 5.10. The smallest absolute Gasteiger partial charge is 0.224 e. The molecule has 0 aromatic heterocycles. The average Bonchev–Trinajstić information content (AvgIpc) is 3.26. The van der Waals surface area contributed by atoms with Gasteiger partial charge in [0.25, 0.3) is 0 Å². The Hall–Kier alpha value is -1.43. The molecule has 1 amide bonds. The number of amides is 1. The molecule has 4 N–H and O–H groups in total. The Bertz CT molecular complexity index is 422. The maximum absolute atomic E-state index is 12.0. The molecule has 0 bridgehead atoms. The lowest BCUT2D eigenvalue weighted by atomic mass is 10.0. The van der Waals surface area contributed by atoms with Gasteiger partial charge in [0.1, 0.15) is 5.54 Å². The Labute approximate surface area is 111 Å². The standard InChI is InChI=1S/C14H19NO4/c16-7-14(8-17,9-18)15-13(19)12-6-11(12)10-4-2-1-3-5-10/h1-5,11-12,16-18H,6-9H2,(H,15,19). The Morgan fingerprint density at radius 3 is 2.26 bits per heavy atom. The SMILES string of the molecule is O=C(NC(CO)(CO)CO)C1CC1c1ccccc1. The molecule has 104 valence electrons. The first kappa shape index (κ1) is 14.0. The van der Waals surface area contributed by atoms with Crippen LogP contribution in [0.3, 0.4) is 0 Å². The van der Waals surface area contributed by atoms with Gasteiger partial charge in [-0.05, 0) is 17.9 Å². The summed E-state index contributed by atoms with van der Waals surface area (Å²) in [6.07, 6.45) is 0.758. The maximum Gasteiger partial charge on any atom is 0.224 e. The Balaban J connectivity index is 1.96. The zero-order chi connectivity index (χ0) is 13.9. The number of nitrogens with one attached hydrogen (secondary N) is 1. The number of carbonyl (C=O) groups excluding carboxylic acids is 1. The molecule has 1 aliphatic carbocycles. The Kier molecular flexibility index (Phi) is 4.19. The summed E-state index contributed by atoms with van der Waals surface area (Å²) in [6.45, 7) is -1.47. The molecule has 0 spiro atoms. The highest BCUT2D eigenvalue weighted by molar-refractivity contribution is 5.83. The van der Waals surface area contributed by atoms with Gasteiger partial charge in [-0.2, -0.15) is 0 Å². The van der Waals surface area contributed by atoms with Gasteiger partial charge in [-0.3, -0.25) is 4.79 Å². The molecular formula is C14H19NO4. The highest BCUT2D eigenvalue weighted by Crippen LogP contribution is 2.47. The van der Waals surface area contributed by atoms with Crippen LogP contribution in [-0.4, -0.2) is 46.6 Å². The summed E-state index contributed by atoms with van der Waals surface area (Å²) in [6, 6.07) is 9.75. The van der Waals surface area contributed by atoms with Gasteiger partial charge in [-0.15, -0.1) is 0 Å². The van der Waals surface area contributed by atoms with Crippen molar-refractivity contribution in [2.45, 2.75) is 17.9 Å². The quantitative estimate of drug-likeness (QED) is 0.564. The molecule has 0 heterocycles. The summed E-state index contributed by atoms with van der Waals surface area (Å²) in [5.74, 6) is -0.188. The van der Waals surface area contributed by atoms with Crippen LogP contribution >= 0.6 is 0 Å². The van der Waals surface area contributed by atoms with E-state index in [4.69, 9.17) is 0 Å². The lowest BCUT2D eigenvalue weighted by Gasteiger charge is -2.28. The number of hydrogen-bond acceptors (Lipinski definition) is 4. The Morgan fingerprint density at radius 1 is 1.16 bits per heavy atom. The van der Waals surface area contributed by atoms with Gasteiger partial charge < -0.3 is 20.6 Å². The van der Waals surface area contributed by atoms with Gasteiger partial charge in [0, 0.05) is 5.92 Å². The van der Waals surface area contributed by atoms with Crippen molar-refractivity contribution in [1.29, 1.82) is 0 Å². The molecule has 5 heteroatoms. The van der Waals surface area contributed by atoms with Crippen molar-refractivity contribution in [1.82, 2.24) is 5.32 Å². The third-order valence-electron chi connectivity index (χ3n) is 3.65. The lowest BCUT2D eigenvalue weighted by Crippen LogP contribution is -2.57. The van der Waals surface area contributed by atoms with E-state index in [0.29, 0.717) is 0 Å². The van der Waals surface area contributed by atoms with Gasteiger partial charge in [-0.25, -0.2) is 0 Å². The maximum atomic E-state index is 12.0. The van der Waals surface area contributed by atoms with E-state index in [-0.39, 0.29) is 17.7 Å². The highest BCUT2D eigenvalue weighted by Gasteiger charge is 2.46. The van der Waals surface area contributed by atoms with E-state index >= 15 is 0 Å². The first-order chi connectivity index (χ1) is 9.15. The van der Waals surface area contributed by atoms with E-state index in [9.17, 15) is 20.1 Å². The number of aliphatic hydroxyl groups is 3. The second kappa shape index (κ2) is 5.69. The molecular weight excluding hydrogens is 246 g/mol. The van der Waals surface area contributed by atoms with Gasteiger partial charge in [0.2, 0.25) is 5.91 Å². The fourth-order valence-corrected chi connectivity index (χ4v) is 2.18. The van der Waals surface area contributed by atoms with E-state index < -0.39 is 25.4 Å². The van der Waals surface area contributed by atoms with E-state index in [2.05, 4.69) is 5.32 Å². The van der Waals surface area contributed by atoms with Crippen LogP contribution in [0.1, 0.15) is 17.9 Å². The molecule has 5 nitrogen and oxygen atoms in total. The number of rotatable bonds is 6. The summed E-state index contributed by atoms with van der Waals surface area (Å²) >= 11 is 0. The summed E-state index contributed by atoms with van der Waals surface area (Å²) < 4.78 is 0. The predicted octanol–water partition coefficient (Wildman–Crippen LogP) is -0.378. The first-order valence-electron chi connectivity index (χ1n) is 6.35. The van der Waals surface area contributed by atoms with Gasteiger partial charge in [0.05, 0.1) is 19.8 Å². The van der Waals surface area contributed by atoms with Gasteiger partial charge in [0.15, 0.2) is 0 Å². The van der Waals surface area contributed by atoms with Crippen molar-refractivity contribution in [3.63, 3.8) is 0 Å². The van der Waals surface area contributed by atoms with Crippen molar-refractivity contribution in [3.8, 4) is 0 Å². The molecule has 19 heavy (non-hydrogen) atoms. The zero-order valence-corrected chi connectivity index (χ0v) is 10.6. The topological polar surface area (TPSA) is 89.8 Å². The number of carbonyl (C=O) groups is 1. The fourth-order valence-electron chi connectivity index (χ4n) is 2.18. The molecule has 0 aliphatic heterocycles. The average molecular weight is 265 g/mol. The molecule has 1 saturated carbocycles. The predicted molar refractivity (Wildman–Crippen MR) is 69.4 cm³/mol. The second-order valence-electron chi connectivity index (χ2n) is 5.10. The third-order valence-corrected chi connectivity index (χ3v) is 3.65. The third kappa shape index (κ3) is 2.94. The molecule has 1 fully saturated rings. The minimum Gasteiger partial charge on any atom is -0.394 e. The molecule has 2 unspecified atom stereocenters. The van der Waals surface area contributed by atoms with Crippen molar-refractivity contribution in [2.75, 3.05) is 19.8 Å². The molecule has 1 aromatic carbocycles. The van der Waals surface area contributed by atoms with Crippen LogP contribution in [0.15, 0.2) is 30.3 Å². The summed E-state index contributed by atoms with van der Waals surface area (Å²) in [5, 5.41) is 30.1. The van der Waals surface area contributed by atoms with Crippen LogP contribution < -0.4 is 5.32 Å². The van der Waals surface area contributed by atoms with E-state index in [0.717, 1.165) is 12.0 Å². The summed E-state index contributed by atoms with van der Waals surface area (Å²) in [4.78, 5) is 12.0. The van der Waals surface area contributed by atoms with E-state index in [1.807, 2.05) is 30.3 Å². The van der Waals surface area contributed by atoms with Crippen LogP contribution in [0.25, 0.3) is 0 Å². The molecule has 1 aromatic rings. The molecule has 2 rings (SSSR count). The number of hydrogen-bond donors (Lipinski definition) is 4. The van der Waals surface area contributed by atoms with Crippen molar-refractivity contribution in [2.24, 2.45) is 5.92 Å². The van der Waals surface area contributed by atoms with Gasteiger partial charge in [-0.1, -0.05) is 30.3 Å². The van der Waals surface area contributed by atoms with Crippen LogP contribution in [-0.2, 0) is 4.79 Å². The Morgan fingerprint density at radius 2 is 1.74 bits per heavy atom. The van der Waals surface area contributed by atoms with E-state index in [1.54, 1.807) is 0 Å². The molecule has 2 atom stereocenters. The van der Waals surface area contributed by atoms with Crippen LogP contribution in [0.2, 0.25) is 0 Å². The summed E-state index contributed by atoms with van der Waals surface area (Å²) in [5.41, 5.74) is -0.216. The molecule has 0 saturated heterocycles. The van der Waals surface area contributed by atoms with Crippen LogP contribution in [0.4, 0.5) is 0 Å². The van der Waals surface area contributed by atoms with Gasteiger partial charge >= 0.3 is 0 Å². The normalized spacial score (nSPS) is 22.1. The highest BCUT2D eigenvalue weighted by atomic mass is 16.3. The van der Waals surface area contributed by atoms with Crippen molar-refractivity contribution < 1.29 is 20.1 Å². The monoisotopic (exact) mass is 265 g/mol. The lowest BCUT2D eigenvalue weighted by molar-refractivity contribution is -0.126. The van der Waals surface area contributed by atoms with Crippen molar-refractivity contribution in [3.05, 3.63) is 35.9 Å². The number of aliphatic hydroxyl groups excluding tert-OH is 3. The fraction of sp³-hybridized carbons (Fsp3) is 0.500.